The summed E-state index contributed by atoms with van der Waals surface area (Å²) in [5, 5.41) is 2.79. The predicted molar refractivity (Wildman–Crippen MR) is 75.6 cm³/mol. The zero-order valence-corrected chi connectivity index (χ0v) is 12.3. The number of ether oxygens (including phenoxy) is 3. The molecule has 6 heteroatoms. The van der Waals surface area contributed by atoms with Gasteiger partial charge >= 0.3 is 5.97 Å². The molecule has 1 N–H and O–H groups in total. The first-order chi connectivity index (χ1) is 10.0. The molecular weight excluding hydrogens is 274 g/mol. The molecule has 0 aliphatic heterocycles. The molecule has 0 saturated heterocycles. The van der Waals surface area contributed by atoms with E-state index in [1.165, 1.54) is 20.3 Å². The number of hydrogen-bond donors (Lipinski definition) is 1. The molecule has 0 aromatic heterocycles. The van der Waals surface area contributed by atoms with Crippen molar-refractivity contribution in [3.8, 4) is 11.5 Å². The highest BCUT2D eigenvalue weighted by Gasteiger charge is 2.27. The third-order valence-electron chi connectivity index (χ3n) is 3.20. The smallest absolute Gasteiger partial charge is 0.339 e. The van der Waals surface area contributed by atoms with Gasteiger partial charge in [0.1, 0.15) is 0 Å². The summed E-state index contributed by atoms with van der Waals surface area (Å²) in [5.41, 5.74) is 0.304. The monoisotopic (exact) mass is 293 g/mol. The zero-order chi connectivity index (χ0) is 15.4. The van der Waals surface area contributed by atoms with Crippen LogP contribution in [0, 0.1) is 0 Å². The molecular formula is C15H19NO5. The summed E-state index contributed by atoms with van der Waals surface area (Å²) in [6.45, 7) is 1.55. The van der Waals surface area contributed by atoms with Crippen LogP contribution in [-0.2, 0) is 9.53 Å². The van der Waals surface area contributed by atoms with Crippen molar-refractivity contribution in [1.29, 1.82) is 0 Å². The summed E-state index contributed by atoms with van der Waals surface area (Å²) in [6.07, 6.45) is 1.15. The second-order valence-electron chi connectivity index (χ2n) is 4.90. The first-order valence-electron chi connectivity index (χ1n) is 6.78. The third kappa shape index (κ3) is 3.87. The van der Waals surface area contributed by atoms with Crippen molar-refractivity contribution < 1.29 is 23.8 Å². The lowest BCUT2D eigenvalue weighted by Crippen LogP contribution is -2.37. The van der Waals surface area contributed by atoms with Gasteiger partial charge in [0, 0.05) is 6.04 Å². The van der Waals surface area contributed by atoms with Crippen LogP contribution in [0.1, 0.15) is 30.1 Å². The van der Waals surface area contributed by atoms with Crippen LogP contribution in [0.4, 0.5) is 0 Å². The zero-order valence-electron chi connectivity index (χ0n) is 12.3. The fourth-order valence-electron chi connectivity index (χ4n) is 1.79. The number of carbonyl (C=O) groups is 2. The number of nitrogens with one attached hydrogen (secondary N) is 1. The molecule has 1 saturated carbocycles. The highest BCUT2D eigenvalue weighted by Crippen LogP contribution is 2.28. The van der Waals surface area contributed by atoms with Crippen LogP contribution in [0.15, 0.2) is 18.2 Å². The minimum absolute atomic E-state index is 0.236. The van der Waals surface area contributed by atoms with Gasteiger partial charge < -0.3 is 19.5 Å². The molecule has 0 spiro atoms. The van der Waals surface area contributed by atoms with E-state index in [4.69, 9.17) is 14.2 Å². The molecule has 1 aromatic rings. The summed E-state index contributed by atoms with van der Waals surface area (Å²) in [5.74, 6) is 0.108. The molecule has 6 nitrogen and oxygen atoms in total. The van der Waals surface area contributed by atoms with E-state index in [0.29, 0.717) is 17.1 Å². The van der Waals surface area contributed by atoms with Gasteiger partial charge in [-0.2, -0.15) is 0 Å². The van der Waals surface area contributed by atoms with E-state index in [0.717, 1.165) is 12.8 Å². The largest absolute Gasteiger partial charge is 0.493 e. The molecule has 1 aliphatic rings. The molecule has 0 unspecified atom stereocenters. The van der Waals surface area contributed by atoms with E-state index >= 15 is 0 Å². The molecule has 114 valence electrons. The second-order valence-corrected chi connectivity index (χ2v) is 4.90. The first-order valence-corrected chi connectivity index (χ1v) is 6.78. The van der Waals surface area contributed by atoms with Gasteiger partial charge in [-0.1, -0.05) is 0 Å². The molecule has 0 heterocycles. The molecule has 1 aromatic carbocycles. The van der Waals surface area contributed by atoms with Crippen molar-refractivity contribution in [2.75, 3.05) is 14.2 Å². The van der Waals surface area contributed by atoms with Gasteiger partial charge in [-0.3, -0.25) is 4.79 Å². The standard InChI is InChI=1S/C15H19NO5/c1-9(14(17)16-11-5-6-11)21-15(18)10-4-7-12(19-2)13(8-10)20-3/h4,7-9,11H,5-6H2,1-3H3,(H,16,17)/t9-/m1/s1. The quantitative estimate of drug-likeness (QED) is 0.805. The predicted octanol–water partition coefficient (Wildman–Crippen LogP) is 1.53. The van der Waals surface area contributed by atoms with Crippen molar-refractivity contribution in [3.05, 3.63) is 23.8 Å². The molecule has 1 atom stereocenters. The van der Waals surface area contributed by atoms with Crippen LogP contribution in [0.5, 0.6) is 11.5 Å². The number of benzene rings is 1. The first kappa shape index (κ1) is 15.2. The van der Waals surface area contributed by atoms with E-state index in [-0.39, 0.29) is 11.9 Å². The van der Waals surface area contributed by atoms with Gasteiger partial charge in [0.25, 0.3) is 5.91 Å². The lowest BCUT2D eigenvalue weighted by atomic mass is 10.2. The Labute approximate surface area is 123 Å². The van der Waals surface area contributed by atoms with Gasteiger partial charge in [0.15, 0.2) is 17.6 Å². The SMILES string of the molecule is COc1ccc(C(=O)O[C@H](C)C(=O)NC2CC2)cc1OC. The Morgan fingerprint density at radius 3 is 2.43 bits per heavy atom. The summed E-state index contributed by atoms with van der Waals surface area (Å²) < 4.78 is 15.4. The number of hydrogen-bond acceptors (Lipinski definition) is 5. The Balaban J connectivity index is 2.00. The maximum Gasteiger partial charge on any atom is 0.339 e. The summed E-state index contributed by atoms with van der Waals surface area (Å²) >= 11 is 0. The van der Waals surface area contributed by atoms with Crippen LogP contribution < -0.4 is 14.8 Å². The van der Waals surface area contributed by atoms with Crippen molar-refractivity contribution in [2.24, 2.45) is 0 Å². The summed E-state index contributed by atoms with van der Waals surface area (Å²) in [7, 11) is 3.00. The minimum Gasteiger partial charge on any atom is -0.493 e. The second kappa shape index (κ2) is 6.47. The van der Waals surface area contributed by atoms with Crippen molar-refractivity contribution in [1.82, 2.24) is 5.32 Å². The highest BCUT2D eigenvalue weighted by molar-refractivity contribution is 5.93. The average Bonchev–Trinajstić information content (AvgIpc) is 3.30. The van der Waals surface area contributed by atoms with E-state index < -0.39 is 12.1 Å². The van der Waals surface area contributed by atoms with Gasteiger partial charge in [-0.25, -0.2) is 4.79 Å². The van der Waals surface area contributed by atoms with Gasteiger partial charge in [-0.05, 0) is 38.0 Å². The maximum atomic E-state index is 12.0. The summed E-state index contributed by atoms with van der Waals surface area (Å²) in [6, 6.07) is 4.94. The van der Waals surface area contributed by atoms with E-state index in [9.17, 15) is 9.59 Å². The van der Waals surface area contributed by atoms with E-state index in [2.05, 4.69) is 5.32 Å². The van der Waals surface area contributed by atoms with Crippen molar-refractivity contribution >= 4 is 11.9 Å². The lowest BCUT2D eigenvalue weighted by molar-refractivity contribution is -0.129. The van der Waals surface area contributed by atoms with Crippen molar-refractivity contribution in [3.63, 3.8) is 0 Å². The minimum atomic E-state index is -0.828. The molecule has 1 amide bonds. The molecule has 21 heavy (non-hydrogen) atoms. The van der Waals surface area contributed by atoms with E-state index in [1.54, 1.807) is 19.1 Å². The van der Waals surface area contributed by atoms with Gasteiger partial charge in [0.05, 0.1) is 19.8 Å². The van der Waals surface area contributed by atoms with E-state index in [1.807, 2.05) is 0 Å². The van der Waals surface area contributed by atoms with Crippen LogP contribution in [0.25, 0.3) is 0 Å². The Morgan fingerprint density at radius 2 is 1.86 bits per heavy atom. The number of methoxy groups -OCH3 is 2. The van der Waals surface area contributed by atoms with Crippen LogP contribution >= 0.6 is 0 Å². The molecule has 0 bridgehead atoms. The Bertz CT molecular complexity index is 539. The third-order valence-corrected chi connectivity index (χ3v) is 3.20. The number of amides is 1. The highest BCUT2D eigenvalue weighted by atomic mass is 16.5. The Kier molecular flexibility index (Phi) is 4.67. The fraction of sp³-hybridized carbons (Fsp3) is 0.467. The number of rotatable bonds is 6. The van der Waals surface area contributed by atoms with Crippen LogP contribution in [-0.4, -0.2) is 38.2 Å². The Morgan fingerprint density at radius 1 is 1.19 bits per heavy atom. The molecule has 1 aliphatic carbocycles. The van der Waals surface area contributed by atoms with Gasteiger partial charge in [-0.15, -0.1) is 0 Å². The van der Waals surface area contributed by atoms with Gasteiger partial charge in [0.2, 0.25) is 0 Å². The van der Waals surface area contributed by atoms with Crippen LogP contribution in [0.2, 0.25) is 0 Å². The van der Waals surface area contributed by atoms with Crippen molar-refractivity contribution in [2.45, 2.75) is 31.9 Å². The number of carbonyl (C=O) groups excluding carboxylic acids is 2. The normalized spacial score (nSPS) is 15.0. The average molecular weight is 293 g/mol. The van der Waals surface area contributed by atoms with Crippen LogP contribution in [0.3, 0.4) is 0 Å². The topological polar surface area (TPSA) is 73.9 Å². The number of esters is 1. The summed E-state index contributed by atoms with van der Waals surface area (Å²) in [4.78, 5) is 23.8. The molecule has 2 rings (SSSR count). The fourth-order valence-corrected chi connectivity index (χ4v) is 1.79. The lowest BCUT2D eigenvalue weighted by Gasteiger charge is -2.14. The molecule has 1 fully saturated rings. The molecule has 0 radical (unpaired) electrons. The maximum absolute atomic E-state index is 12.0. The Hall–Kier alpha value is -2.24.